The summed E-state index contributed by atoms with van der Waals surface area (Å²) in [4.78, 5) is 26.3. The highest BCUT2D eigenvalue weighted by atomic mass is 32.1. The molecule has 0 aliphatic carbocycles. The molecule has 0 aromatic carbocycles. The molecule has 6 heteroatoms. The number of aliphatic hydroxyl groups is 1. The highest BCUT2D eigenvalue weighted by Gasteiger charge is 2.28. The summed E-state index contributed by atoms with van der Waals surface area (Å²) in [5.74, 6) is 5.25. The smallest absolute Gasteiger partial charge is 0.345 e. The summed E-state index contributed by atoms with van der Waals surface area (Å²) < 4.78 is 0. The van der Waals surface area contributed by atoms with Crippen molar-refractivity contribution in [2.75, 3.05) is 6.54 Å². The number of hydrogen-bond acceptors (Lipinski definition) is 4. The van der Waals surface area contributed by atoms with Crippen LogP contribution in [0.25, 0.3) is 0 Å². The monoisotopic (exact) mass is 389 g/mol. The molecule has 0 unspecified atom stereocenters. The largest absolute Gasteiger partial charge is 0.477 e. The van der Waals surface area contributed by atoms with E-state index < -0.39 is 12.1 Å². The van der Waals surface area contributed by atoms with Gasteiger partial charge in [-0.05, 0) is 37.8 Å². The van der Waals surface area contributed by atoms with Crippen molar-refractivity contribution in [2.45, 2.75) is 64.0 Å². The van der Waals surface area contributed by atoms with Crippen LogP contribution in [0.3, 0.4) is 0 Å². The molecule has 2 rings (SSSR count). The van der Waals surface area contributed by atoms with Crippen LogP contribution in [0, 0.1) is 11.8 Å². The number of thiophene rings is 1. The third-order valence-electron chi connectivity index (χ3n) is 4.49. The standard InChI is InChI=1S/C21H27NO4S/c1-2-3-4-5-7-17(23)11-9-16-10-14-20(24)22(16)15-6-8-18-12-13-19(27-18)21(25)26/h9,11-13,16-17,23H,2,5-8,10,14-15H2,1H3,(H,25,26)/b11-9+/t16-,17-/m0/s1. The summed E-state index contributed by atoms with van der Waals surface area (Å²) in [5, 5.41) is 19.0. The van der Waals surface area contributed by atoms with Gasteiger partial charge in [0.2, 0.25) is 5.91 Å². The highest BCUT2D eigenvalue weighted by Crippen LogP contribution is 2.22. The van der Waals surface area contributed by atoms with Gasteiger partial charge >= 0.3 is 5.97 Å². The van der Waals surface area contributed by atoms with Crippen molar-refractivity contribution in [1.29, 1.82) is 0 Å². The molecule has 2 heterocycles. The maximum atomic E-state index is 12.1. The summed E-state index contributed by atoms with van der Waals surface area (Å²) in [6, 6.07) is 3.50. The molecule has 0 spiro atoms. The highest BCUT2D eigenvalue weighted by molar-refractivity contribution is 7.13. The van der Waals surface area contributed by atoms with Gasteiger partial charge in [0.15, 0.2) is 0 Å². The van der Waals surface area contributed by atoms with Gasteiger partial charge < -0.3 is 15.1 Å². The minimum Gasteiger partial charge on any atom is -0.477 e. The van der Waals surface area contributed by atoms with Crippen LogP contribution in [0.15, 0.2) is 24.3 Å². The number of aliphatic hydroxyl groups excluding tert-OH is 1. The topological polar surface area (TPSA) is 77.8 Å². The molecule has 1 saturated heterocycles. The number of carboxylic acid groups (broad SMARTS) is 1. The molecule has 1 aromatic heterocycles. The number of amides is 1. The molecule has 1 aliphatic heterocycles. The van der Waals surface area contributed by atoms with E-state index in [9.17, 15) is 14.7 Å². The Morgan fingerprint density at radius 3 is 2.96 bits per heavy atom. The Kier molecular flexibility index (Phi) is 8.56. The van der Waals surface area contributed by atoms with E-state index >= 15 is 0 Å². The molecule has 5 nitrogen and oxygen atoms in total. The van der Waals surface area contributed by atoms with Crippen molar-refractivity contribution in [2.24, 2.45) is 0 Å². The van der Waals surface area contributed by atoms with Crippen molar-refractivity contribution in [3.05, 3.63) is 34.0 Å². The van der Waals surface area contributed by atoms with E-state index in [4.69, 9.17) is 5.11 Å². The molecule has 146 valence electrons. The first kappa shape index (κ1) is 21.2. The zero-order valence-electron chi connectivity index (χ0n) is 15.7. The molecule has 2 N–H and O–H groups in total. The average molecular weight is 390 g/mol. The zero-order chi connectivity index (χ0) is 19.6. The van der Waals surface area contributed by atoms with Crippen LogP contribution in [-0.4, -0.2) is 45.7 Å². The minimum absolute atomic E-state index is 0.0341. The predicted molar refractivity (Wildman–Crippen MR) is 107 cm³/mol. The fraction of sp³-hybridized carbons (Fsp3) is 0.524. The van der Waals surface area contributed by atoms with E-state index in [0.717, 1.165) is 30.6 Å². The van der Waals surface area contributed by atoms with E-state index in [1.807, 2.05) is 24.0 Å². The Labute approximate surface area is 164 Å². The van der Waals surface area contributed by atoms with Crippen LogP contribution in [0.1, 0.15) is 60.0 Å². The number of carboxylic acids is 1. The maximum Gasteiger partial charge on any atom is 0.345 e. The fourth-order valence-electron chi connectivity index (χ4n) is 3.08. The first-order valence-corrected chi connectivity index (χ1v) is 10.3. The normalized spacial score (nSPS) is 17.9. The second-order valence-electron chi connectivity index (χ2n) is 6.57. The van der Waals surface area contributed by atoms with E-state index in [0.29, 0.717) is 30.7 Å². The second-order valence-corrected chi connectivity index (χ2v) is 7.73. The summed E-state index contributed by atoms with van der Waals surface area (Å²) in [6.45, 7) is 2.64. The summed E-state index contributed by atoms with van der Waals surface area (Å²) in [7, 11) is 0. The van der Waals surface area contributed by atoms with Crippen LogP contribution in [0.4, 0.5) is 0 Å². The van der Waals surface area contributed by atoms with E-state index in [1.165, 1.54) is 11.3 Å². The predicted octanol–water partition coefficient (Wildman–Crippen LogP) is 3.48. The second kappa shape index (κ2) is 10.9. The van der Waals surface area contributed by atoms with Gasteiger partial charge in [0.05, 0.1) is 12.1 Å². The number of aromatic carboxylic acids is 1. The van der Waals surface area contributed by atoms with Gasteiger partial charge in [0.25, 0.3) is 0 Å². The number of nitrogens with zero attached hydrogens (tertiary/aromatic N) is 1. The molecule has 1 aliphatic rings. The molecule has 0 saturated carbocycles. The van der Waals surface area contributed by atoms with Gasteiger partial charge in [0, 0.05) is 30.7 Å². The number of hydrogen-bond donors (Lipinski definition) is 2. The van der Waals surface area contributed by atoms with Gasteiger partial charge in [-0.25, -0.2) is 4.79 Å². The molecule has 1 fully saturated rings. The molecule has 0 bridgehead atoms. The van der Waals surface area contributed by atoms with Crippen molar-refractivity contribution < 1.29 is 19.8 Å². The number of rotatable bonds is 9. The third-order valence-corrected chi connectivity index (χ3v) is 5.62. The molecule has 2 atom stereocenters. The molecule has 0 radical (unpaired) electrons. The van der Waals surface area contributed by atoms with Crippen LogP contribution >= 0.6 is 11.3 Å². The lowest BCUT2D eigenvalue weighted by Gasteiger charge is -2.22. The van der Waals surface area contributed by atoms with Crippen LogP contribution in [-0.2, 0) is 11.2 Å². The Morgan fingerprint density at radius 2 is 2.26 bits per heavy atom. The van der Waals surface area contributed by atoms with Gasteiger partial charge in [0.1, 0.15) is 4.88 Å². The summed E-state index contributed by atoms with van der Waals surface area (Å²) in [5.41, 5.74) is 0. The molecular weight excluding hydrogens is 362 g/mol. The Bertz CT molecular complexity index is 728. The lowest BCUT2D eigenvalue weighted by Crippen LogP contribution is -2.33. The van der Waals surface area contributed by atoms with Gasteiger partial charge in [-0.3, -0.25) is 4.79 Å². The van der Waals surface area contributed by atoms with Crippen molar-refractivity contribution in [3.8, 4) is 11.8 Å². The SMILES string of the molecule is CCC#CCC[C@H](O)/C=C/[C@H]1CCC(=O)N1CCCc1ccc(C(=O)O)s1. The minimum atomic E-state index is -0.898. The van der Waals surface area contributed by atoms with Crippen molar-refractivity contribution >= 4 is 23.2 Å². The summed E-state index contributed by atoms with van der Waals surface area (Å²) >= 11 is 1.29. The van der Waals surface area contributed by atoms with E-state index in [-0.39, 0.29) is 11.9 Å². The third kappa shape index (κ3) is 6.85. The van der Waals surface area contributed by atoms with Crippen molar-refractivity contribution in [1.82, 2.24) is 4.90 Å². The molecule has 1 amide bonds. The first-order chi connectivity index (χ1) is 13.0. The summed E-state index contributed by atoms with van der Waals surface area (Å²) in [6.07, 6.45) is 8.17. The van der Waals surface area contributed by atoms with Gasteiger partial charge in [-0.15, -0.1) is 23.2 Å². The Morgan fingerprint density at radius 1 is 1.44 bits per heavy atom. The lowest BCUT2D eigenvalue weighted by molar-refractivity contribution is -0.128. The molecule has 1 aromatic rings. The Hall–Kier alpha value is -2.10. The Balaban J connectivity index is 1.80. The van der Waals surface area contributed by atoms with Crippen LogP contribution in [0.5, 0.6) is 0 Å². The van der Waals surface area contributed by atoms with E-state index in [2.05, 4.69) is 11.8 Å². The van der Waals surface area contributed by atoms with Gasteiger partial charge in [-0.1, -0.05) is 19.1 Å². The molecular formula is C21H27NO4S. The van der Waals surface area contributed by atoms with Crippen LogP contribution < -0.4 is 0 Å². The first-order valence-electron chi connectivity index (χ1n) is 9.44. The quantitative estimate of drug-likeness (QED) is 0.501. The maximum absolute atomic E-state index is 12.1. The lowest BCUT2D eigenvalue weighted by atomic mass is 10.1. The fourth-order valence-corrected chi connectivity index (χ4v) is 3.97. The van der Waals surface area contributed by atoms with Crippen molar-refractivity contribution in [3.63, 3.8) is 0 Å². The van der Waals surface area contributed by atoms with E-state index in [1.54, 1.807) is 12.1 Å². The number of likely N-dealkylation sites (tertiary alicyclic amines) is 1. The van der Waals surface area contributed by atoms with Gasteiger partial charge in [-0.2, -0.15) is 0 Å². The number of carbonyl (C=O) groups excluding carboxylic acids is 1. The van der Waals surface area contributed by atoms with Crippen LogP contribution in [0.2, 0.25) is 0 Å². The number of carbonyl (C=O) groups is 2. The average Bonchev–Trinajstić information content (AvgIpc) is 3.25. The number of aryl methyl sites for hydroxylation is 1. The zero-order valence-corrected chi connectivity index (χ0v) is 16.5. The molecule has 27 heavy (non-hydrogen) atoms.